The van der Waals surface area contributed by atoms with Gasteiger partial charge in [0.25, 0.3) is 0 Å². The van der Waals surface area contributed by atoms with Crippen molar-refractivity contribution in [1.29, 1.82) is 0 Å². The summed E-state index contributed by atoms with van der Waals surface area (Å²) in [6.45, 7) is 4.82. The molecule has 2 N–H and O–H groups in total. The van der Waals surface area contributed by atoms with Crippen molar-refractivity contribution < 1.29 is 4.79 Å². The Balaban J connectivity index is 1.58. The lowest BCUT2D eigenvalue weighted by Gasteiger charge is -2.16. The number of carbonyl (C=O) groups is 1. The minimum Gasteiger partial charge on any atom is -0.374 e. The van der Waals surface area contributed by atoms with E-state index in [9.17, 15) is 4.79 Å². The largest absolute Gasteiger partial charge is 0.374 e. The first kappa shape index (κ1) is 19.6. The smallest absolute Gasteiger partial charge is 0.246 e. The van der Waals surface area contributed by atoms with E-state index in [4.69, 9.17) is 23.2 Å². The van der Waals surface area contributed by atoms with Gasteiger partial charge in [-0.3, -0.25) is 4.79 Å². The molecule has 3 aromatic carbocycles. The Morgan fingerprint density at radius 1 is 0.931 bits per heavy atom. The molecule has 1 heterocycles. The van der Waals surface area contributed by atoms with Crippen LogP contribution in [0.4, 0.5) is 11.4 Å². The van der Waals surface area contributed by atoms with Crippen LogP contribution in [0.15, 0.2) is 60.7 Å². The molecular weight excluding hydrogens is 405 g/mol. The number of halogens is 2. The highest BCUT2D eigenvalue weighted by Gasteiger charge is 2.15. The van der Waals surface area contributed by atoms with Crippen molar-refractivity contribution in [3.05, 3.63) is 70.7 Å². The van der Waals surface area contributed by atoms with Crippen LogP contribution in [0.5, 0.6) is 0 Å². The predicted molar refractivity (Wildman–Crippen MR) is 123 cm³/mol. The molecule has 4 rings (SSSR count). The Labute approximate surface area is 179 Å². The second kappa shape index (κ2) is 7.97. The maximum atomic E-state index is 12.7. The first-order valence-corrected chi connectivity index (χ1v) is 10.3. The fraction of sp³-hybridized carbons (Fsp3) is 0.174. The summed E-state index contributed by atoms with van der Waals surface area (Å²) in [4.78, 5) is 12.7. The highest BCUT2D eigenvalue weighted by atomic mass is 35.5. The van der Waals surface area contributed by atoms with Crippen molar-refractivity contribution >= 4 is 62.3 Å². The zero-order valence-corrected chi connectivity index (χ0v) is 17.7. The zero-order chi connectivity index (χ0) is 20.5. The molecule has 1 unspecified atom stereocenters. The molecule has 0 aliphatic rings. The van der Waals surface area contributed by atoms with E-state index in [2.05, 4.69) is 40.3 Å². The van der Waals surface area contributed by atoms with Crippen LogP contribution in [0.1, 0.15) is 13.8 Å². The molecule has 4 nitrogen and oxygen atoms in total. The summed E-state index contributed by atoms with van der Waals surface area (Å²) in [6, 6.07) is 19.0. The molecule has 0 saturated carbocycles. The molecule has 1 amide bonds. The lowest BCUT2D eigenvalue weighted by molar-refractivity contribution is -0.116. The van der Waals surface area contributed by atoms with Crippen LogP contribution in [-0.2, 0) is 11.3 Å². The second-order valence-electron chi connectivity index (χ2n) is 7.01. The maximum Gasteiger partial charge on any atom is 0.246 e. The zero-order valence-electron chi connectivity index (χ0n) is 16.2. The summed E-state index contributed by atoms with van der Waals surface area (Å²) in [6.07, 6.45) is 0. The van der Waals surface area contributed by atoms with Gasteiger partial charge in [0.2, 0.25) is 5.91 Å². The summed E-state index contributed by atoms with van der Waals surface area (Å²) in [5, 5.41) is 9.48. The number of aromatic nitrogens is 1. The molecule has 148 valence electrons. The Kier molecular flexibility index (Phi) is 5.39. The molecule has 0 fully saturated rings. The van der Waals surface area contributed by atoms with Gasteiger partial charge in [0.05, 0.1) is 0 Å². The van der Waals surface area contributed by atoms with Crippen LogP contribution in [0, 0.1) is 0 Å². The molecule has 0 aliphatic carbocycles. The number of amides is 1. The molecule has 29 heavy (non-hydrogen) atoms. The number of benzene rings is 3. The number of fused-ring (bicyclic) bond motifs is 3. The van der Waals surface area contributed by atoms with Crippen LogP contribution >= 0.6 is 23.2 Å². The molecule has 0 saturated heterocycles. The molecule has 0 aliphatic heterocycles. The van der Waals surface area contributed by atoms with Gasteiger partial charge < -0.3 is 15.2 Å². The number of anilines is 2. The number of hydrogen-bond acceptors (Lipinski definition) is 2. The number of carbonyl (C=O) groups excluding carboxylic acids is 1. The summed E-state index contributed by atoms with van der Waals surface area (Å²) in [5.41, 5.74) is 3.82. The van der Waals surface area contributed by atoms with E-state index >= 15 is 0 Å². The third-order valence-corrected chi connectivity index (χ3v) is 5.43. The number of aryl methyl sites for hydroxylation is 1. The Hall–Kier alpha value is -2.69. The van der Waals surface area contributed by atoms with E-state index < -0.39 is 6.04 Å². The van der Waals surface area contributed by atoms with Gasteiger partial charge in [0.15, 0.2) is 0 Å². The van der Waals surface area contributed by atoms with Crippen molar-refractivity contribution in [2.75, 3.05) is 10.6 Å². The van der Waals surface area contributed by atoms with Gasteiger partial charge in [-0.2, -0.15) is 0 Å². The van der Waals surface area contributed by atoms with Crippen LogP contribution < -0.4 is 10.6 Å². The van der Waals surface area contributed by atoms with Gasteiger partial charge in [-0.1, -0.05) is 41.4 Å². The highest BCUT2D eigenvalue weighted by Crippen LogP contribution is 2.31. The number of nitrogens with zero attached hydrogens (tertiary/aromatic N) is 1. The van der Waals surface area contributed by atoms with Crippen molar-refractivity contribution in [2.45, 2.75) is 26.4 Å². The van der Waals surface area contributed by atoms with Gasteiger partial charge in [-0.25, -0.2) is 0 Å². The van der Waals surface area contributed by atoms with Gasteiger partial charge in [0, 0.05) is 49.8 Å². The molecule has 0 bridgehead atoms. The topological polar surface area (TPSA) is 46.1 Å². The van der Waals surface area contributed by atoms with Crippen LogP contribution in [0.3, 0.4) is 0 Å². The summed E-state index contributed by atoms with van der Waals surface area (Å²) in [5.74, 6) is -0.139. The minimum atomic E-state index is -0.461. The van der Waals surface area contributed by atoms with E-state index in [1.165, 1.54) is 10.9 Å². The van der Waals surface area contributed by atoms with E-state index in [1.54, 1.807) is 25.1 Å². The van der Waals surface area contributed by atoms with Crippen molar-refractivity contribution in [3.63, 3.8) is 0 Å². The molecule has 6 heteroatoms. The van der Waals surface area contributed by atoms with E-state index in [1.807, 2.05) is 24.3 Å². The maximum absolute atomic E-state index is 12.7. The Morgan fingerprint density at radius 2 is 1.62 bits per heavy atom. The summed E-state index contributed by atoms with van der Waals surface area (Å²) in [7, 11) is 0. The first-order valence-electron chi connectivity index (χ1n) is 9.50. The number of rotatable bonds is 5. The van der Waals surface area contributed by atoms with E-state index in [0.717, 1.165) is 23.1 Å². The second-order valence-corrected chi connectivity index (χ2v) is 7.88. The highest BCUT2D eigenvalue weighted by molar-refractivity contribution is 6.35. The molecule has 0 radical (unpaired) electrons. The number of para-hydroxylation sites is 1. The minimum absolute atomic E-state index is 0.139. The monoisotopic (exact) mass is 425 g/mol. The number of nitrogens with one attached hydrogen (secondary N) is 2. The molecule has 0 spiro atoms. The van der Waals surface area contributed by atoms with Crippen LogP contribution in [0.25, 0.3) is 21.8 Å². The van der Waals surface area contributed by atoms with Crippen molar-refractivity contribution in [2.24, 2.45) is 0 Å². The first-order chi connectivity index (χ1) is 14.0. The molecular formula is C23H21Cl2N3O. The van der Waals surface area contributed by atoms with E-state index in [0.29, 0.717) is 15.7 Å². The standard InChI is InChI=1S/C23H21Cl2N3O/c1-3-28-21-7-5-4-6-19(21)20-13-17(8-9-22(20)28)27-23(29)14(2)26-18-11-15(24)10-16(25)12-18/h4-14,26H,3H2,1-2H3,(H,27,29). The quantitative estimate of drug-likeness (QED) is 0.380. The lowest BCUT2D eigenvalue weighted by Crippen LogP contribution is -2.31. The molecule has 1 aromatic heterocycles. The SMILES string of the molecule is CCn1c2ccccc2c2cc(NC(=O)C(C)Nc3cc(Cl)cc(Cl)c3)ccc21. The fourth-order valence-corrected chi connectivity index (χ4v) is 4.20. The molecule has 4 aromatic rings. The predicted octanol–water partition coefficient (Wildman–Crippen LogP) is 6.56. The average Bonchev–Trinajstić information content (AvgIpc) is 3.00. The molecule has 1 atom stereocenters. The van der Waals surface area contributed by atoms with Gasteiger partial charge in [-0.05, 0) is 56.3 Å². The van der Waals surface area contributed by atoms with E-state index in [-0.39, 0.29) is 5.91 Å². The summed E-state index contributed by atoms with van der Waals surface area (Å²) < 4.78 is 2.28. The lowest BCUT2D eigenvalue weighted by atomic mass is 10.1. The average molecular weight is 426 g/mol. The van der Waals surface area contributed by atoms with Crippen LogP contribution in [-0.4, -0.2) is 16.5 Å². The number of hydrogen-bond donors (Lipinski definition) is 2. The van der Waals surface area contributed by atoms with Gasteiger partial charge >= 0.3 is 0 Å². The normalized spacial score (nSPS) is 12.3. The van der Waals surface area contributed by atoms with Gasteiger partial charge in [0.1, 0.15) is 6.04 Å². The van der Waals surface area contributed by atoms with Crippen molar-refractivity contribution in [1.82, 2.24) is 4.57 Å². The fourth-order valence-electron chi connectivity index (χ4n) is 3.68. The van der Waals surface area contributed by atoms with Gasteiger partial charge in [-0.15, -0.1) is 0 Å². The Morgan fingerprint density at radius 3 is 2.34 bits per heavy atom. The third-order valence-electron chi connectivity index (χ3n) is 5.00. The van der Waals surface area contributed by atoms with Crippen LogP contribution in [0.2, 0.25) is 10.0 Å². The summed E-state index contributed by atoms with van der Waals surface area (Å²) >= 11 is 12.1. The third kappa shape index (κ3) is 3.91. The van der Waals surface area contributed by atoms with Crippen molar-refractivity contribution in [3.8, 4) is 0 Å². The Bertz CT molecular complexity index is 1200.